The normalized spacial score (nSPS) is 15.4. The van der Waals surface area contributed by atoms with Crippen LogP contribution in [-0.2, 0) is 9.53 Å². The summed E-state index contributed by atoms with van der Waals surface area (Å²) in [6.45, 7) is 3.60. The zero-order chi connectivity index (χ0) is 21.8. The van der Waals surface area contributed by atoms with Gasteiger partial charge in [-0.3, -0.25) is 4.79 Å². The van der Waals surface area contributed by atoms with Gasteiger partial charge in [0.1, 0.15) is 29.4 Å². The fourth-order valence-electron chi connectivity index (χ4n) is 3.74. The van der Waals surface area contributed by atoms with Gasteiger partial charge in [-0.25, -0.2) is 4.79 Å². The van der Waals surface area contributed by atoms with Crippen molar-refractivity contribution >= 4 is 16.9 Å². The summed E-state index contributed by atoms with van der Waals surface area (Å²) in [7, 11) is 0. The highest BCUT2D eigenvalue weighted by Gasteiger charge is 2.23. The van der Waals surface area contributed by atoms with E-state index in [0.29, 0.717) is 22.5 Å². The van der Waals surface area contributed by atoms with E-state index in [1.807, 2.05) is 25.1 Å². The van der Waals surface area contributed by atoms with Crippen LogP contribution >= 0.6 is 0 Å². The Morgan fingerprint density at radius 1 is 1.06 bits per heavy atom. The molecule has 3 aromatic rings. The molecule has 1 heterocycles. The Balaban J connectivity index is 1.46. The van der Waals surface area contributed by atoms with Crippen LogP contribution in [0.3, 0.4) is 0 Å². The van der Waals surface area contributed by atoms with Crippen molar-refractivity contribution in [3.63, 3.8) is 0 Å². The average molecular weight is 422 g/mol. The van der Waals surface area contributed by atoms with Gasteiger partial charge in [0.25, 0.3) is 0 Å². The maximum Gasteiger partial charge on any atom is 0.347 e. The summed E-state index contributed by atoms with van der Waals surface area (Å²) in [6.07, 6.45) is 5.71. The van der Waals surface area contributed by atoms with Gasteiger partial charge in [-0.2, -0.15) is 0 Å². The summed E-state index contributed by atoms with van der Waals surface area (Å²) in [5, 5.41) is 0.370. The Labute approximate surface area is 180 Å². The van der Waals surface area contributed by atoms with Crippen molar-refractivity contribution in [3.05, 3.63) is 64.5 Å². The molecule has 0 radical (unpaired) electrons. The zero-order valence-electron chi connectivity index (χ0n) is 17.8. The van der Waals surface area contributed by atoms with Crippen molar-refractivity contribution in [2.24, 2.45) is 0 Å². The number of carbonyl (C=O) groups is 1. The van der Waals surface area contributed by atoms with Crippen molar-refractivity contribution in [1.82, 2.24) is 0 Å². The van der Waals surface area contributed by atoms with Crippen molar-refractivity contribution in [2.45, 2.75) is 58.2 Å². The Morgan fingerprint density at radius 3 is 2.65 bits per heavy atom. The largest absolute Gasteiger partial charge is 0.479 e. The molecule has 1 aliphatic rings. The van der Waals surface area contributed by atoms with Gasteiger partial charge in [-0.15, -0.1) is 0 Å². The molecule has 162 valence electrons. The summed E-state index contributed by atoms with van der Waals surface area (Å²) in [6, 6.07) is 12.3. The second kappa shape index (κ2) is 9.25. The number of rotatable bonds is 6. The minimum Gasteiger partial charge on any atom is -0.479 e. The van der Waals surface area contributed by atoms with Gasteiger partial charge < -0.3 is 18.6 Å². The Bertz CT molecular complexity index is 1130. The van der Waals surface area contributed by atoms with Gasteiger partial charge in [-0.1, -0.05) is 18.6 Å². The molecule has 0 spiro atoms. The van der Waals surface area contributed by atoms with Crippen LogP contribution in [0.25, 0.3) is 11.0 Å². The number of benzene rings is 2. The first kappa shape index (κ1) is 21.0. The summed E-state index contributed by atoms with van der Waals surface area (Å²) in [5.74, 6) is 0.722. The topological polar surface area (TPSA) is 75.0 Å². The van der Waals surface area contributed by atoms with Crippen molar-refractivity contribution in [2.75, 3.05) is 0 Å². The first-order valence-corrected chi connectivity index (χ1v) is 10.7. The zero-order valence-corrected chi connectivity index (χ0v) is 17.8. The highest BCUT2D eigenvalue weighted by atomic mass is 16.6. The summed E-state index contributed by atoms with van der Waals surface area (Å²) in [5.41, 5.74) is 1.10. The number of esters is 1. The van der Waals surface area contributed by atoms with Crippen molar-refractivity contribution in [1.29, 1.82) is 0 Å². The average Bonchev–Trinajstić information content (AvgIpc) is 2.76. The molecule has 2 aromatic carbocycles. The van der Waals surface area contributed by atoms with E-state index in [1.165, 1.54) is 12.7 Å². The first-order chi connectivity index (χ1) is 15.0. The maximum atomic E-state index is 12.8. The number of ether oxygens (including phenoxy) is 3. The van der Waals surface area contributed by atoms with E-state index in [4.69, 9.17) is 18.6 Å². The van der Waals surface area contributed by atoms with Crippen LogP contribution in [0.2, 0.25) is 0 Å². The summed E-state index contributed by atoms with van der Waals surface area (Å²) in [4.78, 5) is 25.1. The third-order valence-corrected chi connectivity index (χ3v) is 5.41. The van der Waals surface area contributed by atoms with Crippen LogP contribution in [0, 0.1) is 6.92 Å². The SMILES string of the molecule is Cc1cccc(Oc2coc3cc(O[C@H](C)C(=O)OC4CCCCC4)ccc3c2=O)c1. The molecule has 0 amide bonds. The van der Waals surface area contributed by atoms with Crippen LogP contribution in [0.4, 0.5) is 0 Å². The predicted molar refractivity (Wildman–Crippen MR) is 117 cm³/mol. The number of fused-ring (bicyclic) bond motifs is 1. The molecular formula is C25H26O6. The van der Waals surface area contributed by atoms with Gasteiger partial charge in [0, 0.05) is 6.07 Å². The van der Waals surface area contributed by atoms with Gasteiger partial charge in [0.2, 0.25) is 11.2 Å². The molecule has 1 atom stereocenters. The molecule has 0 aliphatic heterocycles. The molecule has 4 rings (SSSR count). The fourth-order valence-corrected chi connectivity index (χ4v) is 3.74. The highest BCUT2D eigenvalue weighted by molar-refractivity contribution is 5.79. The molecule has 0 saturated heterocycles. The van der Waals surface area contributed by atoms with Crippen LogP contribution < -0.4 is 14.9 Å². The molecule has 1 fully saturated rings. The molecule has 6 heteroatoms. The Hall–Kier alpha value is -3.28. The molecule has 0 unspecified atom stereocenters. The molecule has 1 aromatic heterocycles. The quantitative estimate of drug-likeness (QED) is 0.486. The van der Waals surface area contributed by atoms with Gasteiger partial charge in [0.15, 0.2) is 6.10 Å². The fraction of sp³-hybridized carbons (Fsp3) is 0.360. The highest BCUT2D eigenvalue weighted by Crippen LogP contribution is 2.26. The van der Waals surface area contributed by atoms with E-state index in [0.717, 1.165) is 31.2 Å². The van der Waals surface area contributed by atoms with Crippen LogP contribution in [0.1, 0.15) is 44.6 Å². The third kappa shape index (κ3) is 5.08. The molecule has 0 N–H and O–H groups in total. The monoisotopic (exact) mass is 422 g/mol. The first-order valence-electron chi connectivity index (χ1n) is 10.7. The van der Waals surface area contributed by atoms with Crippen LogP contribution in [0.15, 0.2) is 57.9 Å². The number of hydrogen-bond donors (Lipinski definition) is 0. The van der Waals surface area contributed by atoms with E-state index in [1.54, 1.807) is 31.2 Å². The molecule has 0 bridgehead atoms. The molecular weight excluding hydrogens is 396 g/mol. The van der Waals surface area contributed by atoms with Gasteiger partial charge >= 0.3 is 5.97 Å². The molecule has 1 aliphatic carbocycles. The lowest BCUT2D eigenvalue weighted by atomic mass is 9.98. The minimum absolute atomic E-state index is 0.0197. The maximum absolute atomic E-state index is 12.8. The lowest BCUT2D eigenvalue weighted by Gasteiger charge is -2.23. The van der Waals surface area contributed by atoms with E-state index in [2.05, 4.69) is 0 Å². The van der Waals surface area contributed by atoms with E-state index in [-0.39, 0.29) is 23.3 Å². The summed E-state index contributed by atoms with van der Waals surface area (Å²) >= 11 is 0. The second-order valence-corrected chi connectivity index (χ2v) is 7.96. The molecule has 1 saturated carbocycles. The van der Waals surface area contributed by atoms with Crippen LogP contribution in [-0.4, -0.2) is 18.2 Å². The predicted octanol–water partition coefficient (Wildman–Crippen LogP) is 5.54. The third-order valence-electron chi connectivity index (χ3n) is 5.41. The standard InChI is InChI=1S/C25H26O6/c1-16-7-6-10-19(13-16)30-23-15-28-22-14-20(11-12-21(22)24(23)26)29-17(2)25(27)31-18-8-4-3-5-9-18/h6-7,10-15,17-18H,3-5,8-9H2,1-2H3/t17-/m1/s1. The van der Waals surface area contributed by atoms with Crippen molar-refractivity contribution < 1.29 is 23.4 Å². The smallest absolute Gasteiger partial charge is 0.347 e. The summed E-state index contributed by atoms with van der Waals surface area (Å²) < 4.78 is 22.6. The lowest BCUT2D eigenvalue weighted by molar-refractivity contribution is -0.158. The molecule has 31 heavy (non-hydrogen) atoms. The van der Waals surface area contributed by atoms with E-state index < -0.39 is 6.10 Å². The van der Waals surface area contributed by atoms with E-state index >= 15 is 0 Å². The number of hydrogen-bond acceptors (Lipinski definition) is 6. The number of aryl methyl sites for hydroxylation is 1. The van der Waals surface area contributed by atoms with Crippen molar-refractivity contribution in [3.8, 4) is 17.2 Å². The number of carbonyl (C=O) groups excluding carboxylic acids is 1. The minimum atomic E-state index is -0.755. The second-order valence-electron chi connectivity index (χ2n) is 7.96. The molecule has 6 nitrogen and oxygen atoms in total. The van der Waals surface area contributed by atoms with Crippen LogP contribution in [0.5, 0.6) is 17.2 Å². The van der Waals surface area contributed by atoms with E-state index in [9.17, 15) is 9.59 Å². The van der Waals surface area contributed by atoms with Gasteiger partial charge in [-0.05, 0) is 69.4 Å². The lowest BCUT2D eigenvalue weighted by Crippen LogP contribution is -2.31. The Kier molecular flexibility index (Phi) is 6.26. The van der Waals surface area contributed by atoms with Gasteiger partial charge in [0.05, 0.1) is 5.39 Å². The Morgan fingerprint density at radius 2 is 1.87 bits per heavy atom.